The van der Waals surface area contributed by atoms with E-state index in [1.807, 2.05) is 35.2 Å². The molecular formula is C20H28N2O5. The summed E-state index contributed by atoms with van der Waals surface area (Å²) in [7, 11) is 0. The summed E-state index contributed by atoms with van der Waals surface area (Å²) in [6.07, 6.45) is 5.45. The van der Waals surface area contributed by atoms with Gasteiger partial charge in [0.2, 0.25) is 0 Å². The van der Waals surface area contributed by atoms with Gasteiger partial charge in [-0.05, 0) is 30.9 Å². The van der Waals surface area contributed by atoms with Crippen molar-refractivity contribution in [1.82, 2.24) is 9.80 Å². The molecule has 2 fully saturated rings. The van der Waals surface area contributed by atoms with Gasteiger partial charge in [0.05, 0.1) is 0 Å². The third kappa shape index (κ3) is 6.36. The Balaban J connectivity index is 0.000000380. The van der Waals surface area contributed by atoms with Crippen LogP contribution in [-0.2, 0) is 9.59 Å². The van der Waals surface area contributed by atoms with Crippen LogP contribution in [0.1, 0.15) is 43.0 Å². The molecule has 0 aromatic heterocycles. The van der Waals surface area contributed by atoms with Crippen molar-refractivity contribution in [3.05, 3.63) is 35.9 Å². The van der Waals surface area contributed by atoms with Crippen LogP contribution in [0.4, 0.5) is 0 Å². The average molecular weight is 376 g/mol. The van der Waals surface area contributed by atoms with Gasteiger partial charge in [0.15, 0.2) is 0 Å². The van der Waals surface area contributed by atoms with Crippen LogP contribution in [0.25, 0.3) is 0 Å². The predicted molar refractivity (Wildman–Crippen MR) is 101 cm³/mol. The fourth-order valence-corrected chi connectivity index (χ4v) is 3.79. The standard InChI is InChI=1S/C18H26N2O.C2H2O4/c1-15-6-5-9-17(14-15)19-10-12-20(13-11-19)18(21)16-7-3-2-4-8-16;3-1(4)2(5)6/h2-4,7-8,15,17H,5-6,9-14H2,1H3;(H,3,4)(H,5,6). The van der Waals surface area contributed by atoms with Gasteiger partial charge in [-0.15, -0.1) is 0 Å². The Kier molecular flexibility index (Phi) is 7.79. The van der Waals surface area contributed by atoms with Crippen molar-refractivity contribution >= 4 is 17.8 Å². The molecule has 1 amide bonds. The van der Waals surface area contributed by atoms with Crippen molar-refractivity contribution in [2.45, 2.75) is 38.6 Å². The predicted octanol–water partition coefficient (Wildman–Crippen LogP) is 2.18. The first-order valence-electron chi connectivity index (χ1n) is 9.43. The zero-order chi connectivity index (χ0) is 19.8. The summed E-state index contributed by atoms with van der Waals surface area (Å²) in [4.78, 5) is 35.3. The number of carboxylic acids is 2. The zero-order valence-electron chi connectivity index (χ0n) is 15.7. The number of carbonyl (C=O) groups is 3. The Bertz CT molecular complexity index is 629. The highest BCUT2D eigenvalue weighted by Gasteiger charge is 2.29. The molecule has 1 heterocycles. The van der Waals surface area contributed by atoms with Crippen LogP contribution < -0.4 is 0 Å². The molecule has 0 radical (unpaired) electrons. The smallest absolute Gasteiger partial charge is 0.414 e. The number of hydrogen-bond donors (Lipinski definition) is 2. The van der Waals surface area contributed by atoms with Crippen LogP contribution in [0, 0.1) is 5.92 Å². The maximum Gasteiger partial charge on any atom is 0.414 e. The van der Waals surface area contributed by atoms with Gasteiger partial charge in [-0.1, -0.05) is 38.0 Å². The number of piperazine rings is 1. The molecule has 2 N–H and O–H groups in total. The lowest BCUT2D eigenvalue weighted by atomic mass is 9.86. The highest BCUT2D eigenvalue weighted by Crippen LogP contribution is 2.28. The number of aliphatic carboxylic acids is 2. The summed E-state index contributed by atoms with van der Waals surface area (Å²) < 4.78 is 0. The van der Waals surface area contributed by atoms with Crippen molar-refractivity contribution in [1.29, 1.82) is 0 Å². The highest BCUT2D eigenvalue weighted by atomic mass is 16.4. The van der Waals surface area contributed by atoms with Crippen LogP contribution in [0.3, 0.4) is 0 Å². The minimum absolute atomic E-state index is 0.187. The van der Waals surface area contributed by atoms with E-state index in [0.29, 0.717) is 0 Å². The van der Waals surface area contributed by atoms with E-state index >= 15 is 0 Å². The molecule has 1 aliphatic heterocycles. The summed E-state index contributed by atoms with van der Waals surface area (Å²) in [5.74, 6) is -2.59. The topological polar surface area (TPSA) is 98.2 Å². The van der Waals surface area contributed by atoms with Gasteiger partial charge in [-0.25, -0.2) is 9.59 Å². The average Bonchev–Trinajstić information content (AvgIpc) is 2.68. The second-order valence-corrected chi connectivity index (χ2v) is 7.23. The van der Waals surface area contributed by atoms with Gasteiger partial charge in [0, 0.05) is 37.8 Å². The molecule has 148 valence electrons. The Hall–Kier alpha value is -2.41. The van der Waals surface area contributed by atoms with Crippen molar-refractivity contribution in [3.63, 3.8) is 0 Å². The fourth-order valence-electron chi connectivity index (χ4n) is 3.79. The van der Waals surface area contributed by atoms with E-state index in [1.165, 1.54) is 25.7 Å². The van der Waals surface area contributed by atoms with Crippen molar-refractivity contribution in [2.24, 2.45) is 5.92 Å². The molecule has 0 spiro atoms. The molecule has 7 nitrogen and oxygen atoms in total. The quantitative estimate of drug-likeness (QED) is 0.768. The SMILES string of the molecule is CC1CCCC(N2CCN(C(=O)c3ccccc3)CC2)C1.O=C(O)C(=O)O. The van der Waals surface area contributed by atoms with Crippen molar-refractivity contribution in [3.8, 4) is 0 Å². The largest absolute Gasteiger partial charge is 0.473 e. The van der Waals surface area contributed by atoms with E-state index in [4.69, 9.17) is 19.8 Å². The molecule has 1 aliphatic carbocycles. The molecule has 0 bridgehead atoms. The van der Waals surface area contributed by atoms with Crippen LogP contribution >= 0.6 is 0 Å². The molecule has 2 atom stereocenters. The third-order valence-corrected chi connectivity index (χ3v) is 5.23. The monoisotopic (exact) mass is 376 g/mol. The van der Waals surface area contributed by atoms with E-state index in [0.717, 1.165) is 43.7 Å². The number of benzene rings is 1. The Labute approximate surface area is 159 Å². The maximum absolute atomic E-state index is 12.4. The normalized spacial score (nSPS) is 23.1. The second-order valence-electron chi connectivity index (χ2n) is 7.23. The lowest BCUT2D eigenvalue weighted by Crippen LogP contribution is -2.52. The summed E-state index contributed by atoms with van der Waals surface area (Å²) >= 11 is 0. The van der Waals surface area contributed by atoms with Gasteiger partial charge in [0.25, 0.3) is 5.91 Å². The van der Waals surface area contributed by atoms with Gasteiger partial charge in [-0.2, -0.15) is 0 Å². The highest BCUT2D eigenvalue weighted by molar-refractivity contribution is 6.27. The van der Waals surface area contributed by atoms with Crippen LogP contribution in [0.15, 0.2) is 30.3 Å². The molecule has 3 rings (SSSR count). The number of carbonyl (C=O) groups excluding carboxylic acids is 1. The van der Waals surface area contributed by atoms with Gasteiger partial charge < -0.3 is 15.1 Å². The van der Waals surface area contributed by atoms with Crippen molar-refractivity contribution in [2.75, 3.05) is 26.2 Å². The van der Waals surface area contributed by atoms with E-state index in [9.17, 15) is 4.79 Å². The Morgan fingerprint density at radius 1 is 0.926 bits per heavy atom. The molecule has 1 aromatic rings. The van der Waals surface area contributed by atoms with Crippen LogP contribution in [0.5, 0.6) is 0 Å². The zero-order valence-corrected chi connectivity index (χ0v) is 15.7. The molecule has 27 heavy (non-hydrogen) atoms. The molecule has 1 saturated heterocycles. The summed E-state index contributed by atoms with van der Waals surface area (Å²) in [6, 6.07) is 10.4. The number of hydrogen-bond acceptors (Lipinski definition) is 4. The molecule has 1 aromatic carbocycles. The van der Waals surface area contributed by atoms with Gasteiger partial charge >= 0.3 is 11.9 Å². The van der Waals surface area contributed by atoms with Gasteiger partial charge in [0.1, 0.15) is 0 Å². The van der Waals surface area contributed by atoms with Gasteiger partial charge in [-0.3, -0.25) is 9.69 Å². The Morgan fingerprint density at radius 2 is 1.52 bits per heavy atom. The fraction of sp³-hybridized carbons (Fsp3) is 0.550. The lowest BCUT2D eigenvalue weighted by molar-refractivity contribution is -0.159. The third-order valence-electron chi connectivity index (χ3n) is 5.23. The van der Waals surface area contributed by atoms with Crippen LogP contribution in [0.2, 0.25) is 0 Å². The first-order valence-corrected chi connectivity index (χ1v) is 9.43. The first-order chi connectivity index (χ1) is 12.9. The van der Waals surface area contributed by atoms with Crippen molar-refractivity contribution < 1.29 is 24.6 Å². The minimum Gasteiger partial charge on any atom is -0.473 e. The molecule has 1 saturated carbocycles. The van der Waals surface area contributed by atoms with E-state index in [2.05, 4.69) is 11.8 Å². The lowest BCUT2D eigenvalue weighted by Gasteiger charge is -2.42. The van der Waals surface area contributed by atoms with E-state index in [1.54, 1.807) is 0 Å². The summed E-state index contributed by atoms with van der Waals surface area (Å²) in [5.41, 5.74) is 0.817. The molecule has 2 aliphatic rings. The first kappa shape index (κ1) is 20.9. The minimum atomic E-state index is -1.82. The molecular weight excluding hydrogens is 348 g/mol. The van der Waals surface area contributed by atoms with E-state index < -0.39 is 11.9 Å². The number of rotatable bonds is 2. The van der Waals surface area contributed by atoms with E-state index in [-0.39, 0.29) is 5.91 Å². The number of carboxylic acid groups (broad SMARTS) is 2. The molecule has 2 unspecified atom stereocenters. The second kappa shape index (κ2) is 10.1. The number of nitrogens with zero attached hydrogens (tertiary/aromatic N) is 2. The summed E-state index contributed by atoms with van der Waals surface area (Å²) in [6.45, 7) is 6.20. The maximum atomic E-state index is 12.4. The summed E-state index contributed by atoms with van der Waals surface area (Å²) in [5, 5.41) is 14.8. The molecule has 7 heteroatoms. The Morgan fingerprint density at radius 3 is 2.04 bits per heavy atom. The van der Waals surface area contributed by atoms with Crippen LogP contribution in [-0.4, -0.2) is 70.1 Å². The number of amides is 1.